The van der Waals surface area contributed by atoms with Crippen LogP contribution in [0.15, 0.2) is 0 Å². The normalized spacial score (nSPS) is 14.1. The Bertz CT molecular complexity index is 232. The molecule has 0 aromatic carbocycles. The summed E-state index contributed by atoms with van der Waals surface area (Å²) in [6.07, 6.45) is -0.745. The molecule has 0 saturated heterocycles. The van der Waals surface area contributed by atoms with Crippen molar-refractivity contribution >= 4 is 12.0 Å². The second-order valence-corrected chi connectivity index (χ2v) is 3.41. The Morgan fingerprint density at radius 2 is 2.00 bits per heavy atom. The molecule has 0 fully saturated rings. The predicted molar refractivity (Wildman–Crippen MR) is 54.6 cm³/mol. The summed E-state index contributed by atoms with van der Waals surface area (Å²) in [7, 11) is 1.62. The molecule has 0 aromatic heterocycles. The third-order valence-corrected chi connectivity index (χ3v) is 2.30. The third-order valence-electron chi connectivity index (χ3n) is 2.30. The van der Waals surface area contributed by atoms with Crippen LogP contribution in [0.25, 0.3) is 0 Å². The van der Waals surface area contributed by atoms with E-state index in [2.05, 4.69) is 5.32 Å². The lowest BCUT2D eigenvalue weighted by Crippen LogP contribution is -2.45. The molecule has 88 valence electrons. The van der Waals surface area contributed by atoms with Crippen molar-refractivity contribution in [1.29, 1.82) is 0 Å². The monoisotopic (exact) mass is 218 g/mol. The first-order valence-corrected chi connectivity index (χ1v) is 4.81. The van der Waals surface area contributed by atoms with Gasteiger partial charge in [0.05, 0.1) is 6.54 Å². The zero-order chi connectivity index (χ0) is 12.0. The molecule has 0 spiro atoms. The van der Waals surface area contributed by atoms with Gasteiger partial charge < -0.3 is 20.4 Å². The fraction of sp³-hybridized carbons (Fsp3) is 0.778. The number of carboxylic acid groups (broad SMARTS) is 1. The molecule has 3 N–H and O–H groups in total. The van der Waals surface area contributed by atoms with Crippen LogP contribution in [0.2, 0.25) is 0 Å². The Morgan fingerprint density at radius 3 is 2.40 bits per heavy atom. The molecule has 0 bridgehead atoms. The van der Waals surface area contributed by atoms with E-state index >= 15 is 0 Å². The summed E-state index contributed by atoms with van der Waals surface area (Å²) in [5.74, 6) is -1.35. The second kappa shape index (κ2) is 6.23. The molecular formula is C9H18N2O4. The summed E-state index contributed by atoms with van der Waals surface area (Å²) in [5, 5.41) is 19.6. The summed E-state index contributed by atoms with van der Waals surface area (Å²) in [6.45, 7) is 3.54. The molecule has 0 heterocycles. The van der Waals surface area contributed by atoms with E-state index in [1.54, 1.807) is 7.05 Å². The first-order valence-electron chi connectivity index (χ1n) is 4.81. The van der Waals surface area contributed by atoms with Crippen molar-refractivity contribution in [3.05, 3.63) is 0 Å². The molecule has 15 heavy (non-hydrogen) atoms. The van der Waals surface area contributed by atoms with Crippen LogP contribution in [0.3, 0.4) is 0 Å². The molecule has 0 saturated carbocycles. The van der Waals surface area contributed by atoms with Crippen LogP contribution in [0, 0.1) is 0 Å². The maximum atomic E-state index is 11.4. The van der Waals surface area contributed by atoms with Gasteiger partial charge in [-0.2, -0.15) is 0 Å². The minimum Gasteiger partial charge on any atom is -0.479 e. The summed E-state index contributed by atoms with van der Waals surface area (Å²) in [4.78, 5) is 23.1. The number of amides is 2. The zero-order valence-corrected chi connectivity index (χ0v) is 9.23. The molecule has 6 heteroatoms. The van der Waals surface area contributed by atoms with Crippen LogP contribution in [0.1, 0.15) is 20.3 Å². The molecule has 0 aromatic rings. The Morgan fingerprint density at radius 1 is 1.47 bits per heavy atom. The topological polar surface area (TPSA) is 89.9 Å². The molecule has 2 atom stereocenters. The average molecular weight is 218 g/mol. The standard InChI is InChI=1S/C9H18N2O4/c1-4-6(2)11(3)9(15)10-5-7(12)8(13)14/h6-7,12H,4-5H2,1-3H3,(H,10,15)(H,13,14)/t6?,7-/m0/s1. The Hall–Kier alpha value is -1.30. The number of nitrogens with zero attached hydrogens (tertiary/aromatic N) is 1. The Kier molecular flexibility index (Phi) is 5.69. The number of aliphatic carboxylic acids is 1. The minimum atomic E-state index is -1.56. The van der Waals surface area contributed by atoms with E-state index < -0.39 is 12.1 Å². The number of carbonyl (C=O) groups excluding carboxylic acids is 1. The number of rotatable bonds is 5. The van der Waals surface area contributed by atoms with Gasteiger partial charge in [0, 0.05) is 13.1 Å². The molecule has 1 unspecified atom stereocenters. The first-order chi connectivity index (χ1) is 6.90. The van der Waals surface area contributed by atoms with Gasteiger partial charge in [0.25, 0.3) is 0 Å². The van der Waals surface area contributed by atoms with Gasteiger partial charge in [-0.05, 0) is 13.3 Å². The summed E-state index contributed by atoms with van der Waals surface area (Å²) in [5.41, 5.74) is 0. The van der Waals surface area contributed by atoms with Crippen LogP contribution >= 0.6 is 0 Å². The third kappa shape index (κ3) is 4.64. The fourth-order valence-electron chi connectivity index (χ4n) is 0.870. The van der Waals surface area contributed by atoms with E-state index in [4.69, 9.17) is 10.2 Å². The van der Waals surface area contributed by atoms with Crippen molar-refractivity contribution in [2.75, 3.05) is 13.6 Å². The molecule has 0 aliphatic rings. The van der Waals surface area contributed by atoms with E-state index in [0.717, 1.165) is 6.42 Å². The van der Waals surface area contributed by atoms with E-state index in [1.807, 2.05) is 13.8 Å². The largest absolute Gasteiger partial charge is 0.479 e. The van der Waals surface area contributed by atoms with Gasteiger partial charge in [-0.3, -0.25) is 0 Å². The minimum absolute atomic E-state index is 0.0759. The van der Waals surface area contributed by atoms with Crippen molar-refractivity contribution in [2.45, 2.75) is 32.4 Å². The van der Waals surface area contributed by atoms with E-state index in [0.29, 0.717) is 0 Å². The Labute approximate surface area is 88.9 Å². The summed E-state index contributed by atoms with van der Waals surface area (Å²) in [6, 6.07) is -0.309. The lowest BCUT2D eigenvalue weighted by atomic mass is 10.2. The van der Waals surface area contributed by atoms with Crippen LogP contribution in [-0.2, 0) is 4.79 Å². The highest BCUT2D eigenvalue weighted by Gasteiger charge is 2.17. The SMILES string of the molecule is CCC(C)N(C)C(=O)NC[C@H](O)C(=O)O. The highest BCUT2D eigenvalue weighted by atomic mass is 16.4. The van der Waals surface area contributed by atoms with Crippen LogP contribution < -0.4 is 5.32 Å². The van der Waals surface area contributed by atoms with Crippen molar-refractivity contribution in [3.8, 4) is 0 Å². The van der Waals surface area contributed by atoms with Crippen LogP contribution in [0.5, 0.6) is 0 Å². The quantitative estimate of drug-likeness (QED) is 0.599. The highest BCUT2D eigenvalue weighted by molar-refractivity contribution is 5.76. The van der Waals surface area contributed by atoms with Crippen molar-refractivity contribution in [3.63, 3.8) is 0 Å². The van der Waals surface area contributed by atoms with Gasteiger partial charge in [-0.15, -0.1) is 0 Å². The van der Waals surface area contributed by atoms with Gasteiger partial charge in [0.15, 0.2) is 6.10 Å². The molecule has 0 radical (unpaired) electrons. The van der Waals surface area contributed by atoms with Crippen molar-refractivity contribution in [1.82, 2.24) is 10.2 Å². The molecular weight excluding hydrogens is 200 g/mol. The van der Waals surface area contributed by atoms with Gasteiger partial charge in [-0.25, -0.2) is 9.59 Å². The second-order valence-electron chi connectivity index (χ2n) is 3.41. The average Bonchev–Trinajstić information content (AvgIpc) is 2.22. The number of hydrogen-bond donors (Lipinski definition) is 3. The molecule has 0 rings (SSSR count). The maximum absolute atomic E-state index is 11.4. The molecule has 0 aliphatic carbocycles. The Balaban J connectivity index is 3.98. The number of hydrogen-bond acceptors (Lipinski definition) is 3. The molecule has 6 nitrogen and oxygen atoms in total. The number of aliphatic hydroxyl groups excluding tert-OH is 1. The number of aliphatic hydroxyl groups is 1. The highest BCUT2D eigenvalue weighted by Crippen LogP contribution is 1.99. The number of carboxylic acids is 1. The predicted octanol–water partition coefficient (Wildman–Crippen LogP) is -0.128. The first kappa shape index (κ1) is 13.7. The lowest BCUT2D eigenvalue weighted by Gasteiger charge is -2.24. The van der Waals surface area contributed by atoms with Crippen LogP contribution in [-0.4, -0.2) is 52.9 Å². The van der Waals surface area contributed by atoms with Crippen LogP contribution in [0.4, 0.5) is 4.79 Å². The van der Waals surface area contributed by atoms with E-state index in [9.17, 15) is 9.59 Å². The molecule has 0 aliphatic heterocycles. The van der Waals surface area contributed by atoms with Crippen molar-refractivity contribution < 1.29 is 19.8 Å². The van der Waals surface area contributed by atoms with Crippen molar-refractivity contribution in [2.24, 2.45) is 0 Å². The smallest absolute Gasteiger partial charge is 0.334 e. The zero-order valence-electron chi connectivity index (χ0n) is 9.23. The fourth-order valence-corrected chi connectivity index (χ4v) is 0.870. The van der Waals surface area contributed by atoms with Gasteiger partial charge in [0.2, 0.25) is 0 Å². The van der Waals surface area contributed by atoms with Gasteiger partial charge >= 0.3 is 12.0 Å². The van der Waals surface area contributed by atoms with E-state index in [1.165, 1.54) is 4.90 Å². The van der Waals surface area contributed by atoms with E-state index in [-0.39, 0.29) is 18.6 Å². The molecule has 2 amide bonds. The number of nitrogens with one attached hydrogen (secondary N) is 1. The van der Waals surface area contributed by atoms with Gasteiger partial charge in [-0.1, -0.05) is 6.92 Å². The number of carbonyl (C=O) groups is 2. The lowest BCUT2D eigenvalue weighted by molar-refractivity contribution is -0.146. The summed E-state index contributed by atoms with van der Waals surface area (Å²) < 4.78 is 0. The summed E-state index contributed by atoms with van der Waals surface area (Å²) >= 11 is 0. The number of urea groups is 1. The maximum Gasteiger partial charge on any atom is 0.334 e. The van der Waals surface area contributed by atoms with Gasteiger partial charge in [0.1, 0.15) is 0 Å².